The molecule has 0 radical (unpaired) electrons. The topological polar surface area (TPSA) is 43.6 Å². The molecular weight excluding hydrogens is 353 g/mol. The van der Waals surface area contributed by atoms with Crippen LogP contribution in [0.5, 0.6) is 0 Å². The Balaban J connectivity index is 3.63. The maximum Gasteiger partial charge on any atom is 0.257 e. The van der Waals surface area contributed by atoms with Crippen LogP contribution in [0.25, 0.3) is 0 Å². The molecule has 0 aromatic rings. The van der Waals surface area contributed by atoms with Crippen LogP contribution in [0.4, 0.5) is 0 Å². The number of hydrogen-bond donors (Lipinski definition) is 0. The van der Waals surface area contributed by atoms with E-state index in [1.165, 1.54) is 0 Å². The summed E-state index contributed by atoms with van der Waals surface area (Å²) in [5.41, 5.74) is 0. The second kappa shape index (κ2) is 5.04. The molecular formula is C4H12Cl4N5P3. The van der Waals surface area contributed by atoms with Gasteiger partial charge in [0.05, 0.1) is 0 Å². The molecule has 1 rings (SSSR count). The maximum atomic E-state index is 6.05. The van der Waals surface area contributed by atoms with Crippen LogP contribution < -0.4 is 0 Å². The minimum absolute atomic E-state index is 1.84. The van der Waals surface area contributed by atoms with Crippen molar-refractivity contribution in [3.63, 3.8) is 0 Å². The summed E-state index contributed by atoms with van der Waals surface area (Å²) in [7, 11) is 4.98. The number of nitrogens with zero attached hydrogens (tertiary/aromatic N) is 5. The highest BCUT2D eigenvalue weighted by atomic mass is 35.9. The molecule has 5 nitrogen and oxygen atoms in total. The summed E-state index contributed by atoms with van der Waals surface area (Å²) in [4.78, 5) is 0. The molecule has 0 saturated carbocycles. The van der Waals surface area contributed by atoms with Gasteiger partial charge in [-0.05, 0) is 73.2 Å². The summed E-state index contributed by atoms with van der Waals surface area (Å²) >= 11 is 24.2. The Morgan fingerprint density at radius 2 is 1.06 bits per heavy atom. The van der Waals surface area contributed by atoms with Gasteiger partial charge in [-0.1, -0.05) is 0 Å². The third-order valence-corrected chi connectivity index (χ3v) is 14.1. The van der Waals surface area contributed by atoms with Crippen LogP contribution in [0.15, 0.2) is 13.5 Å². The van der Waals surface area contributed by atoms with Crippen molar-refractivity contribution in [3.05, 3.63) is 0 Å². The fourth-order valence-electron chi connectivity index (χ4n) is 1.15. The number of hydrogen-bond acceptors (Lipinski definition) is 5. The average Bonchev–Trinajstić information content (AvgIpc) is 1.96. The molecule has 0 aromatic carbocycles. The largest absolute Gasteiger partial charge is 0.257 e. The molecule has 0 spiro atoms. The van der Waals surface area contributed by atoms with E-state index in [2.05, 4.69) is 13.5 Å². The average molecular weight is 365 g/mol. The van der Waals surface area contributed by atoms with E-state index >= 15 is 0 Å². The SMILES string of the molecule is CN(C)P1(N(C)C)=NP(Cl)(Cl)=NP(Cl)(Cl)=N1. The van der Waals surface area contributed by atoms with E-state index < -0.39 is 19.3 Å². The van der Waals surface area contributed by atoms with Crippen LogP contribution >= 0.6 is 64.3 Å². The van der Waals surface area contributed by atoms with E-state index in [9.17, 15) is 0 Å². The van der Waals surface area contributed by atoms with Crippen LogP contribution in [0, 0.1) is 0 Å². The van der Waals surface area contributed by atoms with Gasteiger partial charge < -0.3 is 0 Å². The molecule has 0 N–H and O–H groups in total. The van der Waals surface area contributed by atoms with Crippen molar-refractivity contribution in [3.8, 4) is 0 Å². The third-order valence-electron chi connectivity index (χ3n) is 1.74. The Kier molecular flexibility index (Phi) is 4.98. The lowest BCUT2D eigenvalue weighted by molar-refractivity contribution is 0.563. The first-order chi connectivity index (χ1) is 7.01. The summed E-state index contributed by atoms with van der Waals surface area (Å²) in [6.45, 7) is 0. The molecule has 0 fully saturated rings. The van der Waals surface area contributed by atoms with Gasteiger partial charge in [0.15, 0.2) is 0 Å². The standard InChI is InChI=1S/C4H12Cl4N5P3/c1-12(2)16(13(3)4)10-14(5,6)9-15(7,8)11-16/h1-4H3. The van der Waals surface area contributed by atoms with Crippen LogP contribution in [0.3, 0.4) is 0 Å². The van der Waals surface area contributed by atoms with Gasteiger partial charge in [0.2, 0.25) is 7.51 Å². The smallest absolute Gasteiger partial charge is 0.246 e. The normalized spacial score (nSPS) is 25.9. The lowest BCUT2D eigenvalue weighted by atomic mass is 11.3. The molecule has 1 aliphatic rings. The van der Waals surface area contributed by atoms with E-state index in [0.717, 1.165) is 0 Å². The molecule has 0 bridgehead atoms. The van der Waals surface area contributed by atoms with E-state index in [0.29, 0.717) is 0 Å². The molecule has 1 aliphatic heterocycles. The molecule has 12 heteroatoms. The summed E-state index contributed by atoms with van der Waals surface area (Å²) < 4.78 is 16.4. The van der Waals surface area contributed by atoms with Crippen LogP contribution in [-0.2, 0) is 0 Å². The zero-order chi connectivity index (χ0) is 12.8. The van der Waals surface area contributed by atoms with Gasteiger partial charge in [0, 0.05) is 0 Å². The van der Waals surface area contributed by atoms with Gasteiger partial charge in [-0.3, -0.25) is 0 Å². The van der Waals surface area contributed by atoms with Crippen molar-refractivity contribution in [1.82, 2.24) is 9.34 Å². The van der Waals surface area contributed by atoms with Crippen molar-refractivity contribution in [2.24, 2.45) is 13.5 Å². The quantitative estimate of drug-likeness (QED) is 0.571. The van der Waals surface area contributed by atoms with Gasteiger partial charge in [0.25, 0.3) is 11.8 Å². The highest BCUT2D eigenvalue weighted by Crippen LogP contribution is 2.85. The third kappa shape index (κ3) is 3.41. The number of halogens is 4. The highest BCUT2D eigenvalue weighted by molar-refractivity contribution is 8.20. The lowest BCUT2D eigenvalue weighted by Crippen LogP contribution is -2.19. The van der Waals surface area contributed by atoms with E-state index in [-0.39, 0.29) is 0 Å². The molecule has 0 unspecified atom stereocenters. The van der Waals surface area contributed by atoms with E-state index in [4.69, 9.17) is 45.0 Å². The van der Waals surface area contributed by atoms with Crippen molar-refractivity contribution in [2.45, 2.75) is 0 Å². The fraction of sp³-hybridized carbons (Fsp3) is 1.00. The minimum Gasteiger partial charge on any atom is -0.246 e. The molecule has 0 saturated heterocycles. The zero-order valence-electron chi connectivity index (χ0n) is 9.09. The molecule has 1 heterocycles. The van der Waals surface area contributed by atoms with Crippen molar-refractivity contribution < 1.29 is 0 Å². The molecule has 96 valence electrons. The Morgan fingerprint density at radius 3 is 1.38 bits per heavy atom. The Bertz CT molecular complexity index is 425. The van der Waals surface area contributed by atoms with Gasteiger partial charge >= 0.3 is 0 Å². The zero-order valence-corrected chi connectivity index (χ0v) is 14.8. The van der Waals surface area contributed by atoms with Crippen LogP contribution in [0.1, 0.15) is 0 Å². The molecule has 0 amide bonds. The maximum absolute atomic E-state index is 6.05. The summed E-state index contributed by atoms with van der Waals surface area (Å²) in [5.74, 6) is -5.67. The second-order valence-electron chi connectivity index (χ2n) is 3.41. The fourth-order valence-corrected chi connectivity index (χ4v) is 17.2. The van der Waals surface area contributed by atoms with Gasteiger partial charge in [0.1, 0.15) is 0 Å². The summed E-state index contributed by atoms with van der Waals surface area (Å²) in [5, 5.41) is 0. The van der Waals surface area contributed by atoms with Crippen molar-refractivity contribution in [1.29, 1.82) is 0 Å². The van der Waals surface area contributed by atoms with Gasteiger partial charge in [-0.2, -0.15) is 13.5 Å². The molecule has 0 aliphatic carbocycles. The Labute approximate surface area is 115 Å². The van der Waals surface area contributed by atoms with Gasteiger partial charge in [-0.15, -0.1) is 0 Å². The Hall–Kier alpha value is 1.77. The molecule has 0 aromatic heterocycles. The van der Waals surface area contributed by atoms with E-state index in [1.807, 2.05) is 37.5 Å². The number of rotatable bonds is 2. The van der Waals surface area contributed by atoms with Crippen LogP contribution in [-0.4, -0.2) is 37.5 Å². The first kappa shape index (κ1) is 15.8. The van der Waals surface area contributed by atoms with Gasteiger partial charge in [-0.25, -0.2) is 9.34 Å². The summed E-state index contributed by atoms with van der Waals surface area (Å²) in [6.07, 6.45) is 0. The van der Waals surface area contributed by atoms with E-state index in [1.54, 1.807) is 0 Å². The second-order valence-corrected chi connectivity index (χ2v) is 16.7. The van der Waals surface area contributed by atoms with Crippen molar-refractivity contribution >= 4 is 64.3 Å². The minimum atomic E-state index is -2.84. The predicted octanol–water partition coefficient (Wildman–Crippen LogP) is 5.92. The predicted molar refractivity (Wildman–Crippen MR) is 78.8 cm³/mol. The summed E-state index contributed by atoms with van der Waals surface area (Å²) in [6, 6.07) is 0. The first-order valence-corrected chi connectivity index (χ1v) is 12.7. The monoisotopic (exact) mass is 363 g/mol. The lowest BCUT2D eigenvalue weighted by Gasteiger charge is -2.35. The molecule has 0 atom stereocenters. The highest BCUT2D eigenvalue weighted by Gasteiger charge is 2.36. The Morgan fingerprint density at radius 1 is 0.688 bits per heavy atom. The first-order valence-electron chi connectivity index (χ1n) is 4.06. The molecule has 16 heavy (non-hydrogen) atoms. The van der Waals surface area contributed by atoms with Crippen LogP contribution in [0.2, 0.25) is 0 Å². The van der Waals surface area contributed by atoms with Crippen molar-refractivity contribution in [2.75, 3.05) is 28.2 Å².